The van der Waals surface area contributed by atoms with E-state index in [4.69, 9.17) is 4.74 Å². The molecule has 0 atom stereocenters. The van der Waals surface area contributed by atoms with Gasteiger partial charge in [0.2, 0.25) is 0 Å². The fourth-order valence-corrected chi connectivity index (χ4v) is 2.12. The highest BCUT2D eigenvalue weighted by atomic mass is 19.1. The van der Waals surface area contributed by atoms with Gasteiger partial charge in [-0.2, -0.15) is 0 Å². The average molecular weight is 316 g/mol. The van der Waals surface area contributed by atoms with E-state index in [9.17, 15) is 14.5 Å². The zero-order valence-corrected chi connectivity index (χ0v) is 12.7. The minimum absolute atomic E-state index is 0.0312. The van der Waals surface area contributed by atoms with Gasteiger partial charge >= 0.3 is 0 Å². The van der Waals surface area contributed by atoms with Crippen LogP contribution >= 0.6 is 0 Å². The van der Waals surface area contributed by atoms with Gasteiger partial charge in [0.15, 0.2) is 0 Å². The minimum Gasteiger partial charge on any atom is -0.489 e. The summed E-state index contributed by atoms with van der Waals surface area (Å²) in [6.07, 6.45) is 1.58. The quantitative estimate of drug-likeness (QED) is 0.472. The van der Waals surface area contributed by atoms with E-state index in [0.29, 0.717) is 29.2 Å². The topological polar surface area (TPSA) is 64.4 Å². The zero-order valence-electron chi connectivity index (χ0n) is 12.7. The van der Waals surface area contributed by atoms with E-state index in [1.165, 1.54) is 12.1 Å². The molecule has 23 heavy (non-hydrogen) atoms. The van der Waals surface area contributed by atoms with Crippen LogP contribution in [0.15, 0.2) is 49.1 Å². The van der Waals surface area contributed by atoms with Crippen molar-refractivity contribution in [1.29, 1.82) is 0 Å². The molecule has 1 N–H and O–H groups in total. The molecule has 0 amide bonds. The standard InChI is InChI=1S/C17H17FN2O3/c1-3-9-23-14-8-7-13(15(18)10-14)11-19-16-5-4-6-17(12(16)2)20(21)22/h3-8,10,19H,1,9,11H2,2H3. The molecule has 0 bridgehead atoms. The number of ether oxygens (including phenoxy) is 1. The second-order valence-corrected chi connectivity index (χ2v) is 4.91. The Kier molecular flexibility index (Phi) is 5.30. The fourth-order valence-electron chi connectivity index (χ4n) is 2.12. The minimum atomic E-state index is -0.438. The lowest BCUT2D eigenvalue weighted by atomic mass is 10.1. The Balaban J connectivity index is 2.11. The van der Waals surface area contributed by atoms with Crippen molar-refractivity contribution in [2.24, 2.45) is 0 Å². The molecule has 5 nitrogen and oxygen atoms in total. The number of halogens is 1. The molecule has 6 heteroatoms. The van der Waals surface area contributed by atoms with Crippen molar-refractivity contribution in [3.63, 3.8) is 0 Å². The van der Waals surface area contributed by atoms with Gasteiger partial charge in [-0.15, -0.1) is 0 Å². The van der Waals surface area contributed by atoms with E-state index in [1.54, 1.807) is 37.3 Å². The molecule has 2 rings (SSSR count). The van der Waals surface area contributed by atoms with Gasteiger partial charge in [-0.05, 0) is 19.1 Å². The monoisotopic (exact) mass is 316 g/mol. The lowest BCUT2D eigenvalue weighted by Crippen LogP contribution is -2.05. The van der Waals surface area contributed by atoms with Gasteiger partial charge in [-0.1, -0.05) is 24.8 Å². The highest BCUT2D eigenvalue weighted by Gasteiger charge is 2.13. The van der Waals surface area contributed by atoms with Crippen LogP contribution in [0.3, 0.4) is 0 Å². The molecule has 0 fully saturated rings. The highest BCUT2D eigenvalue weighted by molar-refractivity contribution is 5.59. The molecule has 2 aromatic rings. The molecule has 120 valence electrons. The van der Waals surface area contributed by atoms with Crippen molar-refractivity contribution in [3.8, 4) is 5.75 Å². The molecule has 0 aliphatic carbocycles. The second-order valence-electron chi connectivity index (χ2n) is 4.91. The van der Waals surface area contributed by atoms with Gasteiger partial charge in [0, 0.05) is 35.5 Å². The number of nitrogens with zero attached hydrogens (tertiary/aromatic N) is 1. The number of hydrogen-bond acceptors (Lipinski definition) is 4. The van der Waals surface area contributed by atoms with Gasteiger partial charge < -0.3 is 10.1 Å². The predicted octanol–water partition coefficient (Wildman–Crippen LogP) is 4.22. The van der Waals surface area contributed by atoms with Crippen LogP contribution in [0.1, 0.15) is 11.1 Å². The van der Waals surface area contributed by atoms with Crippen LogP contribution in [0.5, 0.6) is 5.75 Å². The van der Waals surface area contributed by atoms with Gasteiger partial charge in [0.1, 0.15) is 18.2 Å². The Bertz CT molecular complexity index is 732. The number of rotatable bonds is 7. The Morgan fingerprint density at radius 3 is 2.83 bits per heavy atom. The van der Waals surface area contributed by atoms with Crippen molar-refractivity contribution in [2.75, 3.05) is 11.9 Å². The van der Waals surface area contributed by atoms with E-state index in [-0.39, 0.29) is 12.2 Å². The lowest BCUT2D eigenvalue weighted by Gasteiger charge is -2.11. The zero-order chi connectivity index (χ0) is 16.8. The summed E-state index contributed by atoms with van der Waals surface area (Å²) in [6, 6.07) is 9.35. The third-order valence-corrected chi connectivity index (χ3v) is 3.36. The van der Waals surface area contributed by atoms with E-state index < -0.39 is 10.7 Å². The number of nitro benzene ring substituents is 1. The van der Waals surface area contributed by atoms with Crippen LogP contribution in [-0.2, 0) is 6.54 Å². The first-order valence-electron chi connectivity index (χ1n) is 7.03. The van der Waals surface area contributed by atoms with Gasteiger partial charge in [0.05, 0.1) is 4.92 Å². The third-order valence-electron chi connectivity index (χ3n) is 3.36. The van der Waals surface area contributed by atoms with Crippen LogP contribution < -0.4 is 10.1 Å². The smallest absolute Gasteiger partial charge is 0.274 e. The summed E-state index contributed by atoms with van der Waals surface area (Å²) < 4.78 is 19.3. The maximum absolute atomic E-state index is 14.0. The Morgan fingerprint density at radius 2 is 2.17 bits per heavy atom. The van der Waals surface area contributed by atoms with E-state index >= 15 is 0 Å². The molecule has 0 radical (unpaired) electrons. The molecular weight excluding hydrogens is 299 g/mol. The summed E-state index contributed by atoms with van der Waals surface area (Å²) in [5.41, 5.74) is 1.60. The average Bonchev–Trinajstić information content (AvgIpc) is 2.53. The Hall–Kier alpha value is -2.89. The summed E-state index contributed by atoms with van der Waals surface area (Å²) in [5, 5.41) is 13.9. The van der Waals surface area contributed by atoms with Crippen LogP contribution in [-0.4, -0.2) is 11.5 Å². The lowest BCUT2D eigenvalue weighted by molar-refractivity contribution is -0.385. The van der Waals surface area contributed by atoms with Crippen molar-refractivity contribution in [1.82, 2.24) is 0 Å². The molecule has 2 aromatic carbocycles. The third kappa shape index (κ3) is 4.06. The summed E-state index contributed by atoms with van der Waals surface area (Å²) >= 11 is 0. The van der Waals surface area contributed by atoms with E-state index in [0.717, 1.165) is 0 Å². The molecule has 0 heterocycles. The SMILES string of the molecule is C=CCOc1ccc(CNc2cccc([N+](=O)[O-])c2C)c(F)c1. The maximum Gasteiger partial charge on any atom is 0.274 e. The normalized spacial score (nSPS) is 10.2. The van der Waals surface area contributed by atoms with E-state index in [1.807, 2.05) is 0 Å². The molecule has 0 saturated heterocycles. The van der Waals surface area contributed by atoms with Gasteiger partial charge in [-0.3, -0.25) is 10.1 Å². The van der Waals surface area contributed by atoms with Crippen molar-refractivity contribution < 1.29 is 14.1 Å². The second kappa shape index (κ2) is 7.40. The molecule has 0 aliphatic rings. The number of nitrogens with one attached hydrogen (secondary N) is 1. The van der Waals surface area contributed by atoms with Crippen LogP contribution in [0.4, 0.5) is 15.8 Å². The first kappa shape index (κ1) is 16.5. The van der Waals surface area contributed by atoms with Crippen LogP contribution in [0.2, 0.25) is 0 Å². The number of benzene rings is 2. The Labute approximate surface area is 133 Å². The summed E-state index contributed by atoms with van der Waals surface area (Å²) in [5.74, 6) is 0.0276. The fraction of sp³-hybridized carbons (Fsp3) is 0.176. The first-order chi connectivity index (χ1) is 11.0. The van der Waals surface area contributed by atoms with Gasteiger partial charge in [-0.25, -0.2) is 4.39 Å². The molecule has 0 aromatic heterocycles. The van der Waals surface area contributed by atoms with Crippen LogP contribution in [0, 0.1) is 22.9 Å². The summed E-state index contributed by atoms with van der Waals surface area (Å²) in [4.78, 5) is 10.5. The molecule has 0 spiro atoms. The number of nitro groups is 1. The van der Waals surface area contributed by atoms with Crippen LogP contribution in [0.25, 0.3) is 0 Å². The number of hydrogen-bond donors (Lipinski definition) is 1. The van der Waals surface area contributed by atoms with Crippen molar-refractivity contribution in [2.45, 2.75) is 13.5 Å². The maximum atomic E-state index is 14.0. The summed E-state index contributed by atoms with van der Waals surface area (Å²) in [7, 11) is 0. The largest absolute Gasteiger partial charge is 0.489 e. The van der Waals surface area contributed by atoms with E-state index in [2.05, 4.69) is 11.9 Å². The van der Waals surface area contributed by atoms with Crippen molar-refractivity contribution in [3.05, 3.63) is 76.1 Å². The molecule has 0 aliphatic heterocycles. The predicted molar refractivity (Wildman–Crippen MR) is 87.3 cm³/mol. The number of anilines is 1. The Morgan fingerprint density at radius 1 is 1.39 bits per heavy atom. The van der Waals surface area contributed by atoms with Gasteiger partial charge in [0.25, 0.3) is 5.69 Å². The first-order valence-corrected chi connectivity index (χ1v) is 7.03. The molecular formula is C17H17FN2O3. The molecule has 0 unspecified atom stereocenters. The highest BCUT2D eigenvalue weighted by Crippen LogP contribution is 2.26. The molecule has 0 saturated carbocycles. The summed E-state index contributed by atoms with van der Waals surface area (Å²) in [6.45, 7) is 5.71. The van der Waals surface area contributed by atoms with Crippen molar-refractivity contribution >= 4 is 11.4 Å².